The highest BCUT2D eigenvalue weighted by Gasteiger charge is 2.03. The van der Waals surface area contributed by atoms with Crippen molar-refractivity contribution in [3.63, 3.8) is 0 Å². The number of guanidine groups is 1. The Labute approximate surface area is 152 Å². The lowest BCUT2D eigenvalue weighted by Gasteiger charge is -2.07. The van der Waals surface area contributed by atoms with E-state index in [2.05, 4.69) is 42.7 Å². The van der Waals surface area contributed by atoms with Gasteiger partial charge in [-0.3, -0.25) is 10.3 Å². The number of benzene rings is 1. The molecule has 26 heavy (non-hydrogen) atoms. The molecule has 3 rings (SSSR count). The molecule has 134 valence electrons. The van der Waals surface area contributed by atoms with Crippen LogP contribution in [0.1, 0.15) is 24.1 Å². The highest BCUT2D eigenvalue weighted by molar-refractivity contribution is 5.83. The number of nitriles is 1. The Morgan fingerprint density at radius 1 is 1.19 bits per heavy atom. The molecule has 0 saturated carbocycles. The van der Waals surface area contributed by atoms with Crippen LogP contribution in [0.15, 0.2) is 48.0 Å². The van der Waals surface area contributed by atoms with E-state index in [0.29, 0.717) is 19.0 Å². The number of H-pyrrole nitrogens is 2. The van der Waals surface area contributed by atoms with E-state index >= 15 is 0 Å². The summed E-state index contributed by atoms with van der Waals surface area (Å²) >= 11 is 0. The number of fused-ring (bicyclic) bond motifs is 1. The highest BCUT2D eigenvalue weighted by Crippen LogP contribution is 2.17. The van der Waals surface area contributed by atoms with Crippen molar-refractivity contribution in [1.29, 1.82) is 5.26 Å². The van der Waals surface area contributed by atoms with Crippen LogP contribution in [0.25, 0.3) is 10.9 Å². The van der Waals surface area contributed by atoms with Crippen molar-refractivity contribution in [3.8, 4) is 6.19 Å². The highest BCUT2D eigenvalue weighted by atomic mass is 15.2. The van der Waals surface area contributed by atoms with E-state index in [1.54, 1.807) is 6.33 Å². The predicted molar refractivity (Wildman–Crippen MR) is 103 cm³/mol. The van der Waals surface area contributed by atoms with Crippen molar-refractivity contribution in [2.45, 2.75) is 25.7 Å². The molecule has 0 aliphatic heterocycles. The fourth-order valence-corrected chi connectivity index (χ4v) is 2.89. The number of imidazole rings is 1. The Balaban J connectivity index is 1.43. The van der Waals surface area contributed by atoms with E-state index in [9.17, 15) is 0 Å². The predicted octanol–water partition coefficient (Wildman–Crippen LogP) is 2.47. The van der Waals surface area contributed by atoms with E-state index in [1.807, 2.05) is 30.7 Å². The topological polar surface area (TPSA) is 105 Å². The molecular weight excluding hydrogens is 326 g/mol. The third kappa shape index (κ3) is 4.86. The molecule has 2 aromatic heterocycles. The monoisotopic (exact) mass is 349 g/mol. The summed E-state index contributed by atoms with van der Waals surface area (Å²) in [6, 6.07) is 8.25. The lowest BCUT2D eigenvalue weighted by Crippen LogP contribution is -2.36. The zero-order valence-corrected chi connectivity index (χ0v) is 14.6. The number of nitrogens with one attached hydrogen (secondary N) is 4. The molecule has 0 bridgehead atoms. The van der Waals surface area contributed by atoms with Gasteiger partial charge >= 0.3 is 0 Å². The minimum atomic E-state index is 0.536. The van der Waals surface area contributed by atoms with Gasteiger partial charge in [0, 0.05) is 42.1 Å². The molecule has 3 aromatic rings. The minimum Gasteiger partial charge on any atom is -0.361 e. The van der Waals surface area contributed by atoms with Crippen LogP contribution in [0.5, 0.6) is 0 Å². The Kier molecular flexibility index (Phi) is 6.26. The van der Waals surface area contributed by atoms with Crippen LogP contribution >= 0.6 is 0 Å². The molecule has 0 spiro atoms. The molecule has 0 radical (unpaired) electrons. The van der Waals surface area contributed by atoms with Gasteiger partial charge in [0.25, 0.3) is 0 Å². The van der Waals surface area contributed by atoms with E-state index in [4.69, 9.17) is 5.26 Å². The van der Waals surface area contributed by atoms with Crippen molar-refractivity contribution in [1.82, 2.24) is 25.6 Å². The lowest BCUT2D eigenvalue weighted by atomic mass is 10.1. The van der Waals surface area contributed by atoms with E-state index in [1.165, 1.54) is 10.9 Å². The minimum absolute atomic E-state index is 0.536. The van der Waals surface area contributed by atoms with E-state index in [-0.39, 0.29) is 0 Å². The molecule has 0 unspecified atom stereocenters. The number of aromatic nitrogens is 3. The number of aliphatic imine (C=N–C) groups is 1. The molecule has 0 aliphatic carbocycles. The summed E-state index contributed by atoms with van der Waals surface area (Å²) in [5, 5.41) is 16.0. The van der Waals surface area contributed by atoms with Gasteiger partial charge in [-0.2, -0.15) is 5.26 Å². The van der Waals surface area contributed by atoms with Gasteiger partial charge < -0.3 is 15.3 Å². The fourth-order valence-electron chi connectivity index (χ4n) is 2.89. The summed E-state index contributed by atoms with van der Waals surface area (Å²) in [5.74, 6) is 0.536. The standard InChI is InChI=1S/C19H23N7/c20-13-25-19(22-9-4-3-5-16-12-21-14-26-16)23-10-8-15-11-24-18-7-2-1-6-17(15)18/h1-2,6-7,11-12,14,24H,3-5,8-10H2,(H,21,26)(H2,22,23,25). The first-order valence-electron chi connectivity index (χ1n) is 8.82. The summed E-state index contributed by atoms with van der Waals surface area (Å²) < 4.78 is 0. The molecule has 1 aromatic carbocycles. The number of nitrogens with zero attached hydrogens (tertiary/aromatic N) is 3. The van der Waals surface area contributed by atoms with Gasteiger partial charge in [-0.25, -0.2) is 4.98 Å². The van der Waals surface area contributed by atoms with Crippen molar-refractivity contribution in [2.24, 2.45) is 4.99 Å². The number of para-hydroxylation sites is 1. The first-order chi connectivity index (χ1) is 12.9. The maximum atomic E-state index is 8.89. The van der Waals surface area contributed by atoms with Crippen LogP contribution < -0.4 is 10.6 Å². The van der Waals surface area contributed by atoms with Gasteiger partial charge in [-0.1, -0.05) is 18.2 Å². The van der Waals surface area contributed by atoms with E-state index < -0.39 is 0 Å². The largest absolute Gasteiger partial charge is 0.361 e. The number of aromatic amines is 2. The Morgan fingerprint density at radius 3 is 2.96 bits per heavy atom. The third-order valence-corrected chi connectivity index (χ3v) is 4.22. The maximum absolute atomic E-state index is 8.89. The van der Waals surface area contributed by atoms with Crippen molar-refractivity contribution >= 4 is 16.9 Å². The molecule has 0 atom stereocenters. The van der Waals surface area contributed by atoms with Crippen molar-refractivity contribution in [2.75, 3.05) is 13.1 Å². The average Bonchev–Trinajstić information content (AvgIpc) is 3.31. The van der Waals surface area contributed by atoms with Crippen molar-refractivity contribution < 1.29 is 0 Å². The number of hydrogen-bond acceptors (Lipinski definition) is 3. The molecule has 0 amide bonds. The molecule has 0 fully saturated rings. The van der Waals surface area contributed by atoms with E-state index in [0.717, 1.165) is 36.9 Å². The smallest absolute Gasteiger partial charge is 0.204 e. The molecule has 0 aliphatic rings. The van der Waals surface area contributed by atoms with Gasteiger partial charge in [-0.15, -0.1) is 0 Å². The summed E-state index contributed by atoms with van der Waals surface area (Å²) in [6.45, 7) is 1.39. The van der Waals surface area contributed by atoms with Crippen LogP contribution in [0, 0.1) is 11.5 Å². The normalized spacial score (nSPS) is 11.4. The molecule has 2 heterocycles. The molecular formula is C19H23N7. The first-order valence-corrected chi connectivity index (χ1v) is 8.82. The van der Waals surface area contributed by atoms with Gasteiger partial charge in [0.05, 0.1) is 6.33 Å². The Hall–Kier alpha value is -3.27. The summed E-state index contributed by atoms with van der Waals surface area (Å²) in [4.78, 5) is 14.8. The van der Waals surface area contributed by atoms with Crippen LogP contribution in [0.4, 0.5) is 0 Å². The first kappa shape index (κ1) is 17.5. The Morgan fingerprint density at radius 2 is 2.12 bits per heavy atom. The summed E-state index contributed by atoms with van der Waals surface area (Å²) in [5.41, 5.74) is 3.54. The second kappa shape index (κ2) is 9.28. The zero-order valence-electron chi connectivity index (χ0n) is 14.6. The molecule has 7 nitrogen and oxygen atoms in total. The van der Waals surface area contributed by atoms with Crippen LogP contribution in [0.2, 0.25) is 0 Å². The second-order valence-corrected chi connectivity index (χ2v) is 6.04. The SMILES string of the molecule is N#CNC(=NCCCCc1cnc[nH]1)NCCc1c[nH]c2ccccc12. The number of aryl methyl sites for hydroxylation is 1. The fraction of sp³-hybridized carbons (Fsp3) is 0.316. The summed E-state index contributed by atoms with van der Waals surface area (Å²) in [7, 11) is 0. The average molecular weight is 349 g/mol. The maximum Gasteiger partial charge on any atom is 0.204 e. The number of hydrogen-bond donors (Lipinski definition) is 4. The van der Waals surface area contributed by atoms with Crippen LogP contribution in [-0.4, -0.2) is 34.0 Å². The molecule has 7 heteroatoms. The van der Waals surface area contributed by atoms with Gasteiger partial charge in [0.15, 0.2) is 6.19 Å². The Bertz CT molecular complexity index is 871. The molecule has 4 N–H and O–H groups in total. The van der Waals surface area contributed by atoms with Crippen molar-refractivity contribution in [3.05, 3.63) is 54.2 Å². The lowest BCUT2D eigenvalue weighted by molar-refractivity contribution is 0.728. The third-order valence-electron chi connectivity index (χ3n) is 4.22. The quantitative estimate of drug-likeness (QED) is 0.165. The molecule has 0 saturated heterocycles. The van der Waals surface area contributed by atoms with Crippen LogP contribution in [0.3, 0.4) is 0 Å². The van der Waals surface area contributed by atoms with Gasteiger partial charge in [0.2, 0.25) is 5.96 Å². The van der Waals surface area contributed by atoms with Gasteiger partial charge in [-0.05, 0) is 37.3 Å². The number of rotatable bonds is 8. The zero-order chi connectivity index (χ0) is 18.0. The second-order valence-electron chi connectivity index (χ2n) is 6.04. The van der Waals surface area contributed by atoms with Crippen LogP contribution in [-0.2, 0) is 12.8 Å². The number of unbranched alkanes of at least 4 members (excludes halogenated alkanes) is 1. The van der Waals surface area contributed by atoms with Gasteiger partial charge in [0.1, 0.15) is 0 Å². The summed E-state index contributed by atoms with van der Waals surface area (Å²) in [6.07, 6.45) is 11.3.